The maximum absolute atomic E-state index is 12.8. The van der Waals surface area contributed by atoms with Gasteiger partial charge in [0.25, 0.3) is 0 Å². The third-order valence-corrected chi connectivity index (χ3v) is 6.34. The van der Waals surface area contributed by atoms with Crippen molar-refractivity contribution >= 4 is 16.9 Å². The fourth-order valence-corrected chi connectivity index (χ4v) is 4.73. The van der Waals surface area contributed by atoms with Gasteiger partial charge in [0, 0.05) is 60.7 Å². The number of nitrogens with one attached hydrogen (secondary N) is 1. The van der Waals surface area contributed by atoms with Crippen LogP contribution in [0.2, 0.25) is 0 Å². The van der Waals surface area contributed by atoms with Gasteiger partial charge in [-0.2, -0.15) is 5.10 Å². The molecule has 1 aromatic carbocycles. The molecule has 6 heteroatoms. The predicted octanol–water partition coefficient (Wildman–Crippen LogP) is 4.30. The fraction of sp³-hybridized carbons (Fsp3) is 0.320. The average molecular weight is 414 g/mol. The van der Waals surface area contributed by atoms with Gasteiger partial charge in [-0.1, -0.05) is 30.3 Å². The molecular weight excluding hydrogens is 386 g/mol. The van der Waals surface area contributed by atoms with E-state index >= 15 is 0 Å². The van der Waals surface area contributed by atoms with Crippen LogP contribution in [0.5, 0.6) is 0 Å². The lowest BCUT2D eigenvalue weighted by atomic mass is 10.1. The van der Waals surface area contributed by atoms with E-state index in [4.69, 9.17) is 4.98 Å². The van der Waals surface area contributed by atoms with Crippen LogP contribution in [0.15, 0.2) is 67.3 Å². The van der Waals surface area contributed by atoms with Crippen LogP contribution in [0.25, 0.3) is 22.2 Å². The third kappa shape index (κ3) is 4.10. The zero-order valence-corrected chi connectivity index (χ0v) is 17.7. The summed E-state index contributed by atoms with van der Waals surface area (Å²) in [6.07, 6.45) is 10.1. The van der Waals surface area contributed by atoms with Crippen LogP contribution < -0.4 is 0 Å². The van der Waals surface area contributed by atoms with Crippen molar-refractivity contribution in [1.29, 1.82) is 0 Å². The summed E-state index contributed by atoms with van der Waals surface area (Å²) in [5, 5.41) is 8.00. The average Bonchev–Trinajstić information content (AvgIpc) is 3.53. The normalized spacial score (nSPS) is 18.7. The SMILES string of the molecule is C[C@H]1CC(Cn2ccc3cc(-c4cn[nH]c4)cnc32)CN1C(=O)CCc1ccccc1. The zero-order valence-electron chi connectivity index (χ0n) is 17.7. The van der Waals surface area contributed by atoms with Crippen molar-refractivity contribution in [2.24, 2.45) is 5.92 Å². The van der Waals surface area contributed by atoms with Gasteiger partial charge < -0.3 is 9.47 Å². The first-order valence-electron chi connectivity index (χ1n) is 10.9. The van der Waals surface area contributed by atoms with Gasteiger partial charge in [0.1, 0.15) is 5.65 Å². The molecule has 4 heterocycles. The standard InChI is InChI=1S/C25H27N5O/c1-18-11-20(17-30(18)24(31)8-7-19-5-3-2-4-6-19)16-29-10-9-21-12-22(13-26-25(21)29)23-14-27-28-15-23/h2-6,9-10,12-15,18,20H,7-8,11,16-17H2,1H3,(H,27,28)/t18-,20?/m0/s1. The largest absolute Gasteiger partial charge is 0.340 e. The molecule has 1 aliphatic rings. The van der Waals surface area contributed by atoms with E-state index in [2.05, 4.69) is 57.1 Å². The van der Waals surface area contributed by atoms with Gasteiger partial charge in [-0.15, -0.1) is 0 Å². The number of rotatable bonds is 6. The fourth-order valence-electron chi connectivity index (χ4n) is 4.73. The molecule has 0 radical (unpaired) electrons. The summed E-state index contributed by atoms with van der Waals surface area (Å²) in [5.41, 5.74) is 4.31. The summed E-state index contributed by atoms with van der Waals surface area (Å²) < 4.78 is 2.23. The zero-order chi connectivity index (χ0) is 21.2. The number of carbonyl (C=O) groups excluding carboxylic acids is 1. The first-order valence-corrected chi connectivity index (χ1v) is 10.9. The van der Waals surface area contributed by atoms with Gasteiger partial charge in [-0.25, -0.2) is 4.98 Å². The summed E-state index contributed by atoms with van der Waals surface area (Å²) in [7, 11) is 0. The van der Waals surface area contributed by atoms with Crippen LogP contribution in [0.4, 0.5) is 0 Å². The number of aromatic amines is 1. The summed E-state index contributed by atoms with van der Waals surface area (Å²) >= 11 is 0. The van der Waals surface area contributed by atoms with E-state index in [0.29, 0.717) is 12.3 Å². The number of nitrogens with zero attached hydrogens (tertiary/aromatic N) is 4. The maximum Gasteiger partial charge on any atom is 0.223 e. The molecule has 158 valence electrons. The van der Waals surface area contributed by atoms with Crippen LogP contribution in [0, 0.1) is 5.92 Å². The minimum Gasteiger partial charge on any atom is -0.340 e. The van der Waals surface area contributed by atoms with E-state index in [0.717, 1.165) is 48.1 Å². The molecule has 5 rings (SSSR count). The molecule has 6 nitrogen and oxygen atoms in total. The number of hydrogen-bond donors (Lipinski definition) is 1. The van der Waals surface area contributed by atoms with Gasteiger partial charge in [0.05, 0.1) is 6.20 Å². The maximum atomic E-state index is 12.8. The number of likely N-dealkylation sites (tertiary alicyclic amines) is 1. The highest BCUT2D eigenvalue weighted by atomic mass is 16.2. The molecule has 4 aromatic rings. The highest BCUT2D eigenvalue weighted by Crippen LogP contribution is 2.28. The number of aromatic nitrogens is 4. The van der Waals surface area contributed by atoms with Gasteiger partial charge in [0.2, 0.25) is 5.91 Å². The lowest BCUT2D eigenvalue weighted by Crippen LogP contribution is -2.34. The van der Waals surface area contributed by atoms with Crippen LogP contribution in [0.1, 0.15) is 25.3 Å². The van der Waals surface area contributed by atoms with Crippen molar-refractivity contribution in [1.82, 2.24) is 24.6 Å². The molecule has 1 unspecified atom stereocenters. The van der Waals surface area contributed by atoms with E-state index < -0.39 is 0 Å². The molecule has 1 N–H and O–H groups in total. The number of amides is 1. The first kappa shape index (κ1) is 19.5. The molecule has 1 amide bonds. The second-order valence-corrected chi connectivity index (χ2v) is 8.57. The van der Waals surface area contributed by atoms with Crippen LogP contribution >= 0.6 is 0 Å². The summed E-state index contributed by atoms with van der Waals surface area (Å²) in [5.74, 6) is 0.709. The van der Waals surface area contributed by atoms with E-state index in [-0.39, 0.29) is 11.9 Å². The summed E-state index contributed by atoms with van der Waals surface area (Å²) in [6.45, 7) is 3.87. The number of benzene rings is 1. The monoisotopic (exact) mass is 413 g/mol. The quantitative estimate of drug-likeness (QED) is 0.513. The molecular formula is C25H27N5O. The van der Waals surface area contributed by atoms with Crippen LogP contribution in [0.3, 0.4) is 0 Å². The Hall–Kier alpha value is -3.41. The Bertz CT molecular complexity index is 1170. The van der Waals surface area contributed by atoms with Crippen molar-refractivity contribution in [3.05, 3.63) is 72.8 Å². The van der Waals surface area contributed by atoms with Crippen molar-refractivity contribution in [2.45, 2.75) is 38.8 Å². The van der Waals surface area contributed by atoms with Crippen molar-refractivity contribution in [3.63, 3.8) is 0 Å². The molecule has 1 aliphatic heterocycles. The molecule has 1 fully saturated rings. The Labute approximate surface area is 181 Å². The molecule has 0 spiro atoms. The second-order valence-electron chi connectivity index (χ2n) is 8.57. The predicted molar refractivity (Wildman–Crippen MR) is 121 cm³/mol. The molecule has 0 saturated carbocycles. The van der Waals surface area contributed by atoms with Crippen LogP contribution in [-0.4, -0.2) is 43.1 Å². The number of hydrogen-bond acceptors (Lipinski definition) is 3. The number of pyridine rings is 1. The van der Waals surface area contributed by atoms with E-state index in [1.165, 1.54) is 5.56 Å². The van der Waals surface area contributed by atoms with E-state index in [1.807, 2.05) is 36.8 Å². The van der Waals surface area contributed by atoms with E-state index in [9.17, 15) is 4.79 Å². The Morgan fingerprint density at radius 1 is 1.16 bits per heavy atom. The Morgan fingerprint density at radius 2 is 2.03 bits per heavy atom. The highest BCUT2D eigenvalue weighted by molar-refractivity contribution is 5.81. The lowest BCUT2D eigenvalue weighted by Gasteiger charge is -2.21. The van der Waals surface area contributed by atoms with Gasteiger partial charge in [0.15, 0.2) is 0 Å². The van der Waals surface area contributed by atoms with E-state index in [1.54, 1.807) is 0 Å². The molecule has 0 bridgehead atoms. The third-order valence-electron chi connectivity index (χ3n) is 6.34. The summed E-state index contributed by atoms with van der Waals surface area (Å²) in [6, 6.07) is 14.8. The highest BCUT2D eigenvalue weighted by Gasteiger charge is 2.32. The number of fused-ring (bicyclic) bond motifs is 1. The molecule has 31 heavy (non-hydrogen) atoms. The van der Waals surface area contributed by atoms with Crippen molar-refractivity contribution in [3.8, 4) is 11.1 Å². The van der Waals surface area contributed by atoms with Gasteiger partial charge >= 0.3 is 0 Å². The minimum absolute atomic E-state index is 0.263. The van der Waals surface area contributed by atoms with Crippen molar-refractivity contribution in [2.75, 3.05) is 6.54 Å². The van der Waals surface area contributed by atoms with Crippen LogP contribution in [-0.2, 0) is 17.8 Å². The smallest absolute Gasteiger partial charge is 0.223 e. The Kier molecular flexibility index (Phi) is 5.28. The topological polar surface area (TPSA) is 66.8 Å². The minimum atomic E-state index is 0.263. The summed E-state index contributed by atoms with van der Waals surface area (Å²) in [4.78, 5) is 19.6. The Morgan fingerprint density at radius 3 is 2.84 bits per heavy atom. The van der Waals surface area contributed by atoms with Gasteiger partial charge in [-0.3, -0.25) is 9.89 Å². The van der Waals surface area contributed by atoms with Gasteiger partial charge in [-0.05, 0) is 43.4 Å². The second kappa shape index (κ2) is 8.38. The first-order chi connectivity index (χ1) is 15.2. The van der Waals surface area contributed by atoms with Crippen molar-refractivity contribution < 1.29 is 4.79 Å². The molecule has 2 atom stereocenters. The Balaban J connectivity index is 1.23. The molecule has 3 aromatic heterocycles. The number of aryl methyl sites for hydroxylation is 1. The number of carbonyl (C=O) groups is 1. The number of H-pyrrole nitrogens is 1. The molecule has 0 aliphatic carbocycles. The molecule has 1 saturated heterocycles. The lowest BCUT2D eigenvalue weighted by molar-refractivity contribution is -0.131.